The molecular weight excluding hydrogens is 110 g/mol. The molecule has 0 spiro atoms. The minimum atomic E-state index is 0.729. The maximum Gasteiger partial charge on any atom is 0.0340 e. The summed E-state index contributed by atoms with van der Waals surface area (Å²) in [5.41, 5.74) is 7.32. The zero-order valence-electron chi connectivity index (χ0n) is 5.85. The van der Waals surface area contributed by atoms with Crippen molar-refractivity contribution in [2.24, 2.45) is 5.73 Å². The van der Waals surface area contributed by atoms with Crippen molar-refractivity contribution < 1.29 is 0 Å². The van der Waals surface area contributed by atoms with Gasteiger partial charge < -0.3 is 5.73 Å². The Morgan fingerprint density at radius 3 is 2.11 bits per heavy atom. The molecule has 0 aromatic rings. The van der Waals surface area contributed by atoms with Gasteiger partial charge >= 0.3 is 0 Å². The zero-order chi connectivity index (χ0) is 7.28. The molecule has 0 rings (SSSR count). The fourth-order valence-electron chi connectivity index (χ4n) is 0.597. The van der Waals surface area contributed by atoms with E-state index in [9.17, 15) is 0 Å². The van der Waals surface area contributed by atoms with Gasteiger partial charge in [-0.2, -0.15) is 0 Å². The Balaban J connectivity index is 4.36. The van der Waals surface area contributed by atoms with Gasteiger partial charge in [0.05, 0.1) is 0 Å². The van der Waals surface area contributed by atoms with Crippen molar-refractivity contribution in [3.8, 4) is 0 Å². The van der Waals surface area contributed by atoms with Crippen LogP contribution in [0.25, 0.3) is 0 Å². The summed E-state index contributed by atoms with van der Waals surface area (Å²) in [4.78, 5) is 0. The van der Waals surface area contributed by atoms with E-state index >= 15 is 0 Å². The van der Waals surface area contributed by atoms with Crippen molar-refractivity contribution in [3.05, 3.63) is 36.6 Å². The van der Waals surface area contributed by atoms with Gasteiger partial charge in [0.15, 0.2) is 0 Å². The van der Waals surface area contributed by atoms with E-state index in [4.69, 9.17) is 5.73 Å². The summed E-state index contributed by atoms with van der Waals surface area (Å²) in [6.07, 6.45) is 4.32. The van der Waals surface area contributed by atoms with Crippen molar-refractivity contribution in [3.63, 3.8) is 0 Å². The van der Waals surface area contributed by atoms with Crippen LogP contribution in [0.2, 0.25) is 0 Å². The van der Waals surface area contributed by atoms with Crippen molar-refractivity contribution in [1.29, 1.82) is 0 Å². The first-order chi connectivity index (χ1) is 4.26. The van der Waals surface area contributed by atoms with Crippen LogP contribution in [0.15, 0.2) is 36.6 Å². The predicted octanol–water partition coefficient (Wildman–Crippen LogP) is 1.98. The molecule has 0 aliphatic heterocycles. The molecule has 2 N–H and O–H groups in total. The number of nitrogens with two attached hydrogens (primary N) is 1. The molecule has 0 radical (unpaired) electrons. The smallest absolute Gasteiger partial charge is 0.0340 e. The zero-order valence-corrected chi connectivity index (χ0v) is 5.85. The number of rotatable bonds is 3. The molecule has 0 unspecified atom stereocenters. The first-order valence-electron chi connectivity index (χ1n) is 2.99. The van der Waals surface area contributed by atoms with Crippen LogP contribution < -0.4 is 5.73 Å². The van der Waals surface area contributed by atoms with Gasteiger partial charge in [-0.1, -0.05) is 26.2 Å². The minimum Gasteiger partial charge on any atom is -0.399 e. The lowest BCUT2D eigenvalue weighted by Crippen LogP contribution is -1.96. The van der Waals surface area contributed by atoms with Crippen LogP contribution in [-0.2, 0) is 0 Å². The van der Waals surface area contributed by atoms with Crippen molar-refractivity contribution in [2.45, 2.75) is 13.3 Å². The van der Waals surface area contributed by atoms with Crippen molar-refractivity contribution in [1.82, 2.24) is 0 Å². The third-order valence-corrected chi connectivity index (χ3v) is 1.22. The maximum atomic E-state index is 5.53. The first-order valence-corrected chi connectivity index (χ1v) is 2.99. The Morgan fingerprint density at radius 2 is 2.00 bits per heavy atom. The first kappa shape index (κ1) is 8.02. The van der Waals surface area contributed by atoms with Crippen LogP contribution in [0, 0.1) is 0 Å². The number of hydrogen-bond donors (Lipinski definition) is 1. The van der Waals surface area contributed by atoms with Crippen LogP contribution in [0.3, 0.4) is 0 Å². The lowest BCUT2D eigenvalue weighted by atomic mass is 10.1. The molecule has 1 heteroatoms. The highest BCUT2D eigenvalue weighted by molar-refractivity contribution is 5.28. The van der Waals surface area contributed by atoms with Crippen LogP contribution >= 0.6 is 0 Å². The molecule has 0 aliphatic carbocycles. The molecule has 0 fully saturated rings. The monoisotopic (exact) mass is 123 g/mol. The highest BCUT2D eigenvalue weighted by Gasteiger charge is 1.89. The lowest BCUT2D eigenvalue weighted by Gasteiger charge is -1.98. The van der Waals surface area contributed by atoms with Crippen molar-refractivity contribution >= 4 is 0 Å². The van der Waals surface area contributed by atoms with E-state index in [1.54, 1.807) is 12.2 Å². The van der Waals surface area contributed by atoms with E-state index in [2.05, 4.69) is 13.2 Å². The van der Waals surface area contributed by atoms with E-state index in [0.717, 1.165) is 17.7 Å². The Kier molecular flexibility index (Phi) is 3.52. The van der Waals surface area contributed by atoms with Crippen molar-refractivity contribution in [2.75, 3.05) is 0 Å². The summed E-state index contributed by atoms with van der Waals surface area (Å²) in [5.74, 6) is 0. The van der Waals surface area contributed by atoms with E-state index in [1.165, 1.54) is 0 Å². The molecule has 0 bridgehead atoms. The Hall–Kier alpha value is -0.980. The summed E-state index contributed by atoms with van der Waals surface area (Å²) in [6, 6.07) is 0. The Labute approximate surface area is 56.6 Å². The molecule has 0 atom stereocenters. The molecule has 50 valence electrons. The summed E-state index contributed by atoms with van der Waals surface area (Å²) >= 11 is 0. The van der Waals surface area contributed by atoms with Gasteiger partial charge in [0.2, 0.25) is 0 Å². The normalized spacial score (nSPS) is 12.1. The topological polar surface area (TPSA) is 26.0 Å². The molecule has 0 saturated heterocycles. The highest BCUT2D eigenvalue weighted by Crippen LogP contribution is 2.04. The standard InChI is InChI=1S/C8H13N/c1-4-7(5-2)8(9)6-3/h4,6H,1,3,5,9H2,2H3/b8-7-. The molecule has 0 amide bonds. The summed E-state index contributed by atoms with van der Waals surface area (Å²) in [7, 11) is 0. The number of allylic oxidation sites excluding steroid dienone is 3. The van der Waals surface area contributed by atoms with Gasteiger partial charge in [-0.05, 0) is 18.1 Å². The SMILES string of the molecule is C=C/C(N)=C(\C=C)CC. The second kappa shape index (κ2) is 3.96. The second-order valence-corrected chi connectivity index (χ2v) is 1.74. The third kappa shape index (κ3) is 2.17. The largest absolute Gasteiger partial charge is 0.399 e. The van der Waals surface area contributed by atoms with Crippen LogP contribution in [0.1, 0.15) is 13.3 Å². The molecule has 0 saturated carbocycles. The van der Waals surface area contributed by atoms with Gasteiger partial charge in [0.25, 0.3) is 0 Å². The third-order valence-electron chi connectivity index (χ3n) is 1.22. The molecule has 0 aliphatic rings. The molecular formula is C8H13N. The van der Waals surface area contributed by atoms with Gasteiger partial charge in [0.1, 0.15) is 0 Å². The maximum absolute atomic E-state index is 5.53. The number of hydrogen-bond acceptors (Lipinski definition) is 1. The summed E-state index contributed by atoms with van der Waals surface area (Å²) < 4.78 is 0. The van der Waals surface area contributed by atoms with E-state index in [1.807, 2.05) is 6.92 Å². The molecule has 0 aromatic carbocycles. The quantitative estimate of drug-likeness (QED) is 0.570. The molecule has 0 heterocycles. The second-order valence-electron chi connectivity index (χ2n) is 1.74. The summed E-state index contributed by atoms with van der Waals surface area (Å²) in [5, 5.41) is 0. The highest BCUT2D eigenvalue weighted by atomic mass is 14.6. The van der Waals surface area contributed by atoms with E-state index in [-0.39, 0.29) is 0 Å². The lowest BCUT2D eigenvalue weighted by molar-refractivity contribution is 1.11. The van der Waals surface area contributed by atoms with Gasteiger partial charge in [-0.3, -0.25) is 0 Å². The van der Waals surface area contributed by atoms with Gasteiger partial charge in [-0.25, -0.2) is 0 Å². The Bertz CT molecular complexity index is 143. The fourth-order valence-corrected chi connectivity index (χ4v) is 0.597. The molecule has 0 aromatic heterocycles. The minimum absolute atomic E-state index is 0.729. The van der Waals surface area contributed by atoms with Gasteiger partial charge in [0, 0.05) is 5.70 Å². The Morgan fingerprint density at radius 1 is 1.44 bits per heavy atom. The van der Waals surface area contributed by atoms with E-state index in [0.29, 0.717) is 0 Å². The van der Waals surface area contributed by atoms with E-state index < -0.39 is 0 Å². The average molecular weight is 123 g/mol. The predicted molar refractivity (Wildman–Crippen MR) is 41.9 cm³/mol. The molecule has 9 heavy (non-hydrogen) atoms. The summed E-state index contributed by atoms with van der Waals surface area (Å²) in [6.45, 7) is 9.20. The average Bonchev–Trinajstić information content (AvgIpc) is 1.90. The molecule has 1 nitrogen and oxygen atoms in total. The fraction of sp³-hybridized carbons (Fsp3) is 0.250. The van der Waals surface area contributed by atoms with Gasteiger partial charge in [-0.15, -0.1) is 0 Å². The van der Waals surface area contributed by atoms with Crippen LogP contribution in [-0.4, -0.2) is 0 Å². The van der Waals surface area contributed by atoms with Crippen LogP contribution in [0.4, 0.5) is 0 Å². The van der Waals surface area contributed by atoms with Crippen LogP contribution in [0.5, 0.6) is 0 Å².